The van der Waals surface area contributed by atoms with Crippen molar-refractivity contribution in [1.82, 2.24) is 5.32 Å². The molecule has 0 radical (unpaired) electrons. The molecule has 1 fully saturated rings. The minimum atomic E-state index is 0.589. The number of thiophene rings is 1. The van der Waals surface area contributed by atoms with E-state index < -0.39 is 0 Å². The van der Waals surface area contributed by atoms with E-state index in [4.69, 9.17) is 0 Å². The molecule has 1 heterocycles. The molecule has 2 rings (SSSR count). The highest BCUT2D eigenvalue weighted by Gasteiger charge is 2.17. The first kappa shape index (κ1) is 11.2. The van der Waals surface area contributed by atoms with Crippen molar-refractivity contribution < 1.29 is 0 Å². The molecule has 2 heteroatoms. The minimum absolute atomic E-state index is 0.589. The van der Waals surface area contributed by atoms with Crippen molar-refractivity contribution >= 4 is 11.3 Å². The smallest absolute Gasteiger partial charge is 0.0412 e. The van der Waals surface area contributed by atoms with Gasteiger partial charge in [0.1, 0.15) is 0 Å². The first-order valence-electron chi connectivity index (χ1n) is 6.11. The molecular weight excluding hydrogens is 202 g/mol. The zero-order chi connectivity index (χ0) is 10.5. The maximum atomic E-state index is 3.44. The molecule has 1 aliphatic carbocycles. The van der Waals surface area contributed by atoms with Crippen molar-refractivity contribution in [2.45, 2.75) is 44.6 Å². The molecule has 1 unspecified atom stereocenters. The highest BCUT2D eigenvalue weighted by atomic mass is 32.1. The SMILES string of the molecule is CNC(CCC1CCCC1)c1cccs1. The molecule has 0 spiro atoms. The van der Waals surface area contributed by atoms with Crippen molar-refractivity contribution in [1.29, 1.82) is 0 Å². The number of hydrogen-bond acceptors (Lipinski definition) is 2. The predicted octanol–water partition coefficient (Wildman–Crippen LogP) is 3.98. The number of nitrogens with one attached hydrogen (secondary N) is 1. The Morgan fingerprint density at radius 2 is 2.27 bits per heavy atom. The minimum Gasteiger partial charge on any atom is -0.312 e. The maximum Gasteiger partial charge on any atom is 0.0412 e. The van der Waals surface area contributed by atoms with Gasteiger partial charge in [0.05, 0.1) is 0 Å². The van der Waals surface area contributed by atoms with Crippen LogP contribution in [0.25, 0.3) is 0 Å². The second-order valence-electron chi connectivity index (χ2n) is 4.58. The van der Waals surface area contributed by atoms with Gasteiger partial charge in [0, 0.05) is 10.9 Å². The van der Waals surface area contributed by atoms with E-state index in [0.717, 1.165) is 5.92 Å². The molecule has 84 valence electrons. The summed E-state index contributed by atoms with van der Waals surface area (Å²) in [5.41, 5.74) is 0. The predicted molar refractivity (Wildman–Crippen MR) is 67.3 cm³/mol. The fourth-order valence-electron chi connectivity index (χ4n) is 2.62. The Hall–Kier alpha value is -0.340. The largest absolute Gasteiger partial charge is 0.312 e. The highest BCUT2D eigenvalue weighted by molar-refractivity contribution is 7.10. The quantitative estimate of drug-likeness (QED) is 0.796. The molecule has 1 aromatic heterocycles. The normalized spacial score (nSPS) is 19.5. The summed E-state index contributed by atoms with van der Waals surface area (Å²) in [7, 11) is 2.08. The average Bonchev–Trinajstić information content (AvgIpc) is 2.90. The van der Waals surface area contributed by atoms with Crippen molar-refractivity contribution in [2.24, 2.45) is 5.92 Å². The molecule has 0 amide bonds. The first-order chi connectivity index (χ1) is 7.40. The van der Waals surface area contributed by atoms with Gasteiger partial charge in [0.25, 0.3) is 0 Å². The lowest BCUT2D eigenvalue weighted by molar-refractivity contribution is 0.430. The second-order valence-corrected chi connectivity index (χ2v) is 5.56. The molecule has 1 atom stereocenters. The number of hydrogen-bond donors (Lipinski definition) is 1. The molecule has 1 N–H and O–H groups in total. The average molecular weight is 223 g/mol. The molecule has 1 aromatic rings. The van der Waals surface area contributed by atoms with Crippen LogP contribution in [0.15, 0.2) is 17.5 Å². The zero-order valence-electron chi connectivity index (χ0n) is 9.54. The van der Waals surface area contributed by atoms with Crippen molar-refractivity contribution in [3.8, 4) is 0 Å². The van der Waals surface area contributed by atoms with E-state index in [2.05, 4.69) is 29.9 Å². The lowest BCUT2D eigenvalue weighted by Gasteiger charge is -2.16. The molecule has 1 saturated carbocycles. The fourth-order valence-corrected chi connectivity index (χ4v) is 3.49. The third-order valence-electron chi connectivity index (χ3n) is 3.57. The Bertz CT molecular complexity index is 262. The molecule has 1 nitrogen and oxygen atoms in total. The van der Waals surface area contributed by atoms with Crippen LogP contribution in [0.3, 0.4) is 0 Å². The van der Waals surface area contributed by atoms with Gasteiger partial charge in [0.2, 0.25) is 0 Å². The summed E-state index contributed by atoms with van der Waals surface area (Å²) in [6.07, 6.45) is 8.59. The second kappa shape index (κ2) is 5.66. The zero-order valence-corrected chi connectivity index (χ0v) is 10.4. The third-order valence-corrected chi connectivity index (χ3v) is 4.56. The maximum absolute atomic E-state index is 3.44. The van der Waals surface area contributed by atoms with Crippen LogP contribution < -0.4 is 5.32 Å². The van der Waals surface area contributed by atoms with Gasteiger partial charge in [0.15, 0.2) is 0 Å². The number of rotatable bonds is 5. The highest BCUT2D eigenvalue weighted by Crippen LogP contribution is 2.32. The van der Waals surface area contributed by atoms with Crippen LogP contribution in [0, 0.1) is 5.92 Å². The summed E-state index contributed by atoms with van der Waals surface area (Å²) in [6, 6.07) is 4.99. The summed E-state index contributed by atoms with van der Waals surface area (Å²) in [5, 5.41) is 5.61. The van der Waals surface area contributed by atoms with Crippen LogP contribution in [-0.2, 0) is 0 Å². The van der Waals surface area contributed by atoms with Crippen LogP contribution in [0.5, 0.6) is 0 Å². The van der Waals surface area contributed by atoms with Gasteiger partial charge in [-0.05, 0) is 37.3 Å². The summed E-state index contributed by atoms with van der Waals surface area (Å²) in [4.78, 5) is 1.50. The Morgan fingerprint density at radius 3 is 2.87 bits per heavy atom. The van der Waals surface area contributed by atoms with Gasteiger partial charge in [-0.25, -0.2) is 0 Å². The van der Waals surface area contributed by atoms with Crippen LogP contribution in [0.4, 0.5) is 0 Å². The fraction of sp³-hybridized carbons (Fsp3) is 0.692. The Labute approximate surface area is 96.9 Å². The van der Waals surface area contributed by atoms with E-state index in [1.165, 1.54) is 43.4 Å². The Kier molecular flexibility index (Phi) is 4.21. The standard InChI is InChI=1S/C13H21NS/c1-14-12(13-7-4-10-15-13)9-8-11-5-2-3-6-11/h4,7,10-12,14H,2-3,5-6,8-9H2,1H3. The van der Waals surface area contributed by atoms with Crippen LogP contribution >= 0.6 is 11.3 Å². The van der Waals surface area contributed by atoms with E-state index in [1.54, 1.807) is 0 Å². The summed E-state index contributed by atoms with van der Waals surface area (Å²) in [6.45, 7) is 0. The van der Waals surface area contributed by atoms with E-state index in [-0.39, 0.29) is 0 Å². The summed E-state index contributed by atoms with van der Waals surface area (Å²) >= 11 is 1.88. The lowest BCUT2D eigenvalue weighted by Crippen LogP contribution is -2.16. The molecule has 0 saturated heterocycles. The van der Waals surface area contributed by atoms with Crippen molar-refractivity contribution in [3.05, 3.63) is 22.4 Å². The molecule has 15 heavy (non-hydrogen) atoms. The summed E-state index contributed by atoms with van der Waals surface area (Å²) in [5.74, 6) is 1.01. The Balaban J connectivity index is 1.80. The molecule has 0 bridgehead atoms. The Morgan fingerprint density at radius 1 is 1.47 bits per heavy atom. The van der Waals surface area contributed by atoms with Crippen LogP contribution in [0.2, 0.25) is 0 Å². The monoisotopic (exact) mass is 223 g/mol. The van der Waals surface area contributed by atoms with Crippen LogP contribution in [0.1, 0.15) is 49.4 Å². The van der Waals surface area contributed by atoms with Crippen molar-refractivity contribution in [2.75, 3.05) is 7.05 Å². The van der Waals surface area contributed by atoms with Gasteiger partial charge in [-0.3, -0.25) is 0 Å². The summed E-state index contributed by atoms with van der Waals surface area (Å²) < 4.78 is 0. The van der Waals surface area contributed by atoms with E-state index >= 15 is 0 Å². The van der Waals surface area contributed by atoms with E-state index in [0.29, 0.717) is 6.04 Å². The van der Waals surface area contributed by atoms with Gasteiger partial charge in [-0.2, -0.15) is 0 Å². The molecule has 1 aliphatic rings. The molecular formula is C13H21NS. The molecule has 0 aliphatic heterocycles. The van der Waals surface area contributed by atoms with Gasteiger partial charge in [-0.15, -0.1) is 11.3 Å². The van der Waals surface area contributed by atoms with Gasteiger partial charge in [-0.1, -0.05) is 31.7 Å². The van der Waals surface area contributed by atoms with Gasteiger partial charge >= 0.3 is 0 Å². The van der Waals surface area contributed by atoms with Crippen LogP contribution in [-0.4, -0.2) is 7.05 Å². The molecule has 0 aromatic carbocycles. The third kappa shape index (κ3) is 3.05. The first-order valence-corrected chi connectivity index (χ1v) is 6.99. The van der Waals surface area contributed by atoms with Gasteiger partial charge < -0.3 is 5.32 Å². The van der Waals surface area contributed by atoms with Crippen molar-refractivity contribution in [3.63, 3.8) is 0 Å². The van der Waals surface area contributed by atoms with E-state index in [9.17, 15) is 0 Å². The topological polar surface area (TPSA) is 12.0 Å². The van der Waals surface area contributed by atoms with E-state index in [1.807, 2.05) is 11.3 Å². The lowest BCUT2D eigenvalue weighted by atomic mass is 9.98.